The van der Waals surface area contributed by atoms with Crippen molar-refractivity contribution >= 4 is 33.4 Å². The van der Waals surface area contributed by atoms with Gasteiger partial charge in [0.25, 0.3) is 5.56 Å². The first-order valence-electron chi connectivity index (χ1n) is 9.53. The van der Waals surface area contributed by atoms with Crippen LogP contribution in [0.2, 0.25) is 0 Å². The maximum atomic E-state index is 14.2. The Balaban J connectivity index is 1.84. The van der Waals surface area contributed by atoms with Crippen LogP contribution in [0, 0.1) is 5.82 Å². The zero-order valence-corrected chi connectivity index (χ0v) is 16.4. The highest BCUT2D eigenvalue weighted by molar-refractivity contribution is 6.04. The van der Waals surface area contributed by atoms with Crippen molar-refractivity contribution in [3.8, 4) is 11.4 Å². The first kappa shape index (κ1) is 18.7. The van der Waals surface area contributed by atoms with Crippen LogP contribution in [0.3, 0.4) is 0 Å². The molecule has 0 aliphatic carbocycles. The monoisotopic (exact) mass is 413 g/mol. The van der Waals surface area contributed by atoms with Crippen molar-refractivity contribution in [3.05, 3.63) is 89.4 Å². The fourth-order valence-electron chi connectivity index (χ4n) is 3.66. The van der Waals surface area contributed by atoms with Crippen molar-refractivity contribution in [1.29, 1.82) is 0 Å². The average Bonchev–Trinajstić information content (AvgIpc) is 3.29. The minimum Gasteiger partial charge on any atom is -0.324 e. The second kappa shape index (κ2) is 7.17. The van der Waals surface area contributed by atoms with Crippen LogP contribution in [-0.2, 0) is 4.79 Å². The van der Waals surface area contributed by atoms with Gasteiger partial charge in [-0.25, -0.2) is 9.07 Å². The average molecular weight is 413 g/mol. The van der Waals surface area contributed by atoms with Crippen LogP contribution in [0.1, 0.15) is 6.92 Å². The van der Waals surface area contributed by atoms with E-state index in [1.54, 1.807) is 23.1 Å². The van der Waals surface area contributed by atoms with E-state index in [0.29, 0.717) is 16.7 Å². The number of halogens is 1. The van der Waals surface area contributed by atoms with Crippen LogP contribution in [0.25, 0.3) is 33.2 Å². The molecule has 0 fully saturated rings. The predicted molar refractivity (Wildman–Crippen MR) is 116 cm³/mol. The zero-order valence-electron chi connectivity index (χ0n) is 16.4. The van der Waals surface area contributed by atoms with E-state index < -0.39 is 11.7 Å². The van der Waals surface area contributed by atoms with E-state index in [1.165, 1.54) is 35.8 Å². The lowest BCUT2D eigenvalue weighted by Gasteiger charge is -2.14. The second-order valence-electron chi connectivity index (χ2n) is 7.07. The van der Waals surface area contributed by atoms with Crippen molar-refractivity contribution in [1.82, 2.24) is 19.3 Å². The number of benzene rings is 2. The number of aromatic nitrogens is 4. The highest BCUT2D eigenvalue weighted by Gasteiger charge is 2.14. The fraction of sp³-hybridized carbons (Fsp3) is 0.0435. The summed E-state index contributed by atoms with van der Waals surface area (Å²) < 4.78 is 17.4. The molecule has 0 atom stereocenters. The molecule has 2 aromatic carbocycles. The Morgan fingerprint density at radius 1 is 1.06 bits per heavy atom. The summed E-state index contributed by atoms with van der Waals surface area (Å²) in [5.41, 5.74) is 2.29. The normalized spacial score (nSPS) is 11.2. The van der Waals surface area contributed by atoms with E-state index in [9.17, 15) is 14.0 Å². The molecule has 5 rings (SSSR count). The van der Waals surface area contributed by atoms with E-state index in [4.69, 9.17) is 0 Å². The molecular formula is C23H16FN5O2. The SMILES string of the molecule is CC(=O)Nc1cc(-n2c(=O)ccc3cnc4ccc(-n5cccn5)cc4c32)ccc1F. The maximum Gasteiger partial charge on any atom is 0.255 e. The van der Waals surface area contributed by atoms with Gasteiger partial charge in [0.15, 0.2) is 0 Å². The third kappa shape index (κ3) is 3.24. The molecule has 152 valence electrons. The van der Waals surface area contributed by atoms with Crippen LogP contribution < -0.4 is 10.9 Å². The molecule has 0 aliphatic rings. The summed E-state index contributed by atoms with van der Waals surface area (Å²) in [7, 11) is 0. The van der Waals surface area contributed by atoms with E-state index >= 15 is 0 Å². The molecule has 7 nitrogen and oxygen atoms in total. The van der Waals surface area contributed by atoms with Gasteiger partial charge < -0.3 is 5.32 Å². The van der Waals surface area contributed by atoms with Gasteiger partial charge in [-0.15, -0.1) is 0 Å². The molecule has 0 radical (unpaired) electrons. The van der Waals surface area contributed by atoms with Gasteiger partial charge in [-0.1, -0.05) is 0 Å². The number of rotatable bonds is 3. The molecule has 0 bridgehead atoms. The molecule has 3 heterocycles. The number of amides is 1. The lowest BCUT2D eigenvalue weighted by molar-refractivity contribution is -0.114. The third-order valence-electron chi connectivity index (χ3n) is 4.99. The number of carbonyl (C=O) groups is 1. The first-order valence-corrected chi connectivity index (χ1v) is 9.53. The fourth-order valence-corrected chi connectivity index (χ4v) is 3.66. The molecular weight excluding hydrogens is 397 g/mol. The number of nitrogens with one attached hydrogen (secondary N) is 1. The smallest absolute Gasteiger partial charge is 0.255 e. The van der Waals surface area contributed by atoms with Crippen LogP contribution in [-0.4, -0.2) is 25.2 Å². The number of hydrogen-bond donors (Lipinski definition) is 1. The summed E-state index contributed by atoms with van der Waals surface area (Å²) >= 11 is 0. The van der Waals surface area contributed by atoms with Gasteiger partial charge in [0.05, 0.1) is 28.1 Å². The van der Waals surface area contributed by atoms with Crippen LogP contribution in [0.4, 0.5) is 10.1 Å². The Morgan fingerprint density at radius 3 is 2.68 bits per heavy atom. The Bertz CT molecular complexity index is 1520. The number of anilines is 1. The Kier molecular flexibility index (Phi) is 4.32. The molecule has 31 heavy (non-hydrogen) atoms. The van der Waals surface area contributed by atoms with Crippen molar-refractivity contribution in [3.63, 3.8) is 0 Å². The highest BCUT2D eigenvalue weighted by Crippen LogP contribution is 2.28. The standard InChI is InChI=1S/C23H16FN5O2/c1-14(30)27-21-12-17(4-6-19(21)24)29-22(31)8-3-15-13-25-20-7-5-16(11-18(20)23(15)29)28-10-2-9-26-28/h2-13H,1H3,(H,27,30). The molecule has 1 amide bonds. The molecule has 0 saturated heterocycles. The number of nitrogens with zero attached hydrogens (tertiary/aromatic N) is 4. The third-order valence-corrected chi connectivity index (χ3v) is 4.99. The first-order chi connectivity index (χ1) is 15.0. The van der Waals surface area contributed by atoms with Crippen molar-refractivity contribution in [2.24, 2.45) is 0 Å². The minimum atomic E-state index is -0.584. The number of fused-ring (bicyclic) bond motifs is 3. The molecule has 1 N–H and O–H groups in total. The summed E-state index contributed by atoms with van der Waals surface area (Å²) in [6.45, 7) is 1.30. The van der Waals surface area contributed by atoms with Crippen LogP contribution in [0.5, 0.6) is 0 Å². The Morgan fingerprint density at radius 2 is 1.90 bits per heavy atom. The number of pyridine rings is 2. The molecule has 0 spiro atoms. The van der Waals surface area contributed by atoms with Gasteiger partial charge in [-0.05, 0) is 48.5 Å². The summed E-state index contributed by atoms with van der Waals surface area (Å²) in [5.74, 6) is -0.987. The van der Waals surface area contributed by atoms with Crippen LogP contribution >= 0.6 is 0 Å². The topological polar surface area (TPSA) is 81.8 Å². The van der Waals surface area contributed by atoms with Crippen molar-refractivity contribution < 1.29 is 9.18 Å². The summed E-state index contributed by atoms with van der Waals surface area (Å²) in [5, 5.41) is 8.22. The van der Waals surface area contributed by atoms with E-state index in [-0.39, 0.29) is 11.2 Å². The zero-order chi connectivity index (χ0) is 21.5. The van der Waals surface area contributed by atoms with Crippen LogP contribution in [0.15, 0.2) is 78.0 Å². The minimum absolute atomic E-state index is 0.00416. The molecule has 0 aliphatic heterocycles. The molecule has 5 aromatic rings. The summed E-state index contributed by atoms with van der Waals surface area (Å²) in [6.07, 6.45) is 5.20. The summed E-state index contributed by atoms with van der Waals surface area (Å²) in [6, 6.07) is 14.8. The Hall–Kier alpha value is -4.33. The van der Waals surface area contributed by atoms with E-state index in [1.807, 2.05) is 30.5 Å². The van der Waals surface area contributed by atoms with Crippen molar-refractivity contribution in [2.75, 3.05) is 5.32 Å². The summed E-state index contributed by atoms with van der Waals surface area (Å²) in [4.78, 5) is 28.9. The van der Waals surface area contributed by atoms with Gasteiger partial charge in [0.1, 0.15) is 5.82 Å². The highest BCUT2D eigenvalue weighted by atomic mass is 19.1. The molecule has 3 aromatic heterocycles. The lowest BCUT2D eigenvalue weighted by atomic mass is 10.1. The maximum absolute atomic E-state index is 14.2. The van der Waals surface area contributed by atoms with Crippen molar-refractivity contribution in [2.45, 2.75) is 6.92 Å². The molecule has 0 unspecified atom stereocenters. The molecule has 8 heteroatoms. The quantitative estimate of drug-likeness (QED) is 0.456. The Labute approximate surface area is 175 Å². The van der Waals surface area contributed by atoms with E-state index in [0.717, 1.165) is 16.5 Å². The van der Waals surface area contributed by atoms with Gasteiger partial charge in [0, 0.05) is 42.4 Å². The number of carbonyl (C=O) groups excluding carboxylic acids is 1. The van der Waals surface area contributed by atoms with Gasteiger partial charge in [0.2, 0.25) is 5.91 Å². The van der Waals surface area contributed by atoms with E-state index in [2.05, 4.69) is 15.4 Å². The largest absolute Gasteiger partial charge is 0.324 e. The predicted octanol–water partition coefficient (Wildman–Crippen LogP) is 3.82. The second-order valence-corrected chi connectivity index (χ2v) is 7.07. The van der Waals surface area contributed by atoms with Gasteiger partial charge in [-0.2, -0.15) is 5.10 Å². The van der Waals surface area contributed by atoms with Gasteiger partial charge >= 0.3 is 0 Å². The lowest BCUT2D eigenvalue weighted by Crippen LogP contribution is -2.18. The van der Waals surface area contributed by atoms with Gasteiger partial charge in [-0.3, -0.25) is 19.1 Å². The number of hydrogen-bond acceptors (Lipinski definition) is 4. The molecule has 0 saturated carbocycles.